The van der Waals surface area contributed by atoms with Gasteiger partial charge in [0, 0.05) is 19.6 Å². The number of thioether (sulfide) groups is 1. The number of benzene rings is 1. The number of fused-ring (bicyclic) bond motifs is 1. The number of aryl methyl sites for hydroxylation is 1. The molecular formula is C17H22N4O2S2. The minimum absolute atomic E-state index is 0.210. The Labute approximate surface area is 152 Å². The monoisotopic (exact) mass is 378 g/mol. The van der Waals surface area contributed by atoms with Gasteiger partial charge >= 0.3 is 0 Å². The fraction of sp³-hybridized carbons (Fsp3) is 0.529. The lowest BCUT2D eigenvalue weighted by atomic mass is 10.2. The Bertz CT molecular complexity index is 909. The molecule has 0 bridgehead atoms. The fourth-order valence-corrected chi connectivity index (χ4v) is 5.49. The van der Waals surface area contributed by atoms with Crippen LogP contribution in [-0.2, 0) is 16.6 Å². The number of hydrogen-bond donors (Lipinski definition) is 0. The maximum atomic E-state index is 12.9. The highest BCUT2D eigenvalue weighted by atomic mass is 32.2. The zero-order valence-corrected chi connectivity index (χ0v) is 16.1. The SMILES string of the molecule is CCn1c(S[C@H](C)C#N)nc2cc(S(=O)(=O)N3CCCCC3)ccc21. The molecule has 0 radical (unpaired) electrons. The molecule has 1 atom stereocenters. The lowest BCUT2D eigenvalue weighted by Crippen LogP contribution is -2.35. The van der Waals surface area contributed by atoms with Gasteiger partial charge in [-0.25, -0.2) is 13.4 Å². The molecule has 1 fully saturated rings. The second-order valence-corrected chi connectivity index (χ2v) is 9.39. The van der Waals surface area contributed by atoms with Crippen molar-refractivity contribution in [1.29, 1.82) is 5.26 Å². The largest absolute Gasteiger partial charge is 0.319 e. The molecule has 3 rings (SSSR count). The Kier molecular flexibility index (Phi) is 5.37. The van der Waals surface area contributed by atoms with E-state index in [1.807, 2.05) is 24.5 Å². The third-order valence-corrected chi connectivity index (χ3v) is 7.29. The van der Waals surface area contributed by atoms with Crippen LogP contribution in [0.5, 0.6) is 0 Å². The molecule has 25 heavy (non-hydrogen) atoms. The average molecular weight is 379 g/mol. The second-order valence-electron chi connectivity index (χ2n) is 6.14. The third-order valence-electron chi connectivity index (χ3n) is 4.42. The summed E-state index contributed by atoms with van der Waals surface area (Å²) >= 11 is 1.39. The molecule has 1 saturated heterocycles. The van der Waals surface area contributed by atoms with E-state index in [-0.39, 0.29) is 5.25 Å². The predicted molar refractivity (Wildman–Crippen MR) is 98.9 cm³/mol. The molecule has 2 aromatic rings. The number of imidazole rings is 1. The van der Waals surface area contributed by atoms with Gasteiger partial charge in [0.05, 0.1) is 27.2 Å². The van der Waals surface area contributed by atoms with Gasteiger partial charge in [0.15, 0.2) is 5.16 Å². The first-order valence-electron chi connectivity index (χ1n) is 8.54. The van der Waals surface area contributed by atoms with Crippen LogP contribution in [0.1, 0.15) is 33.1 Å². The van der Waals surface area contributed by atoms with E-state index in [0.717, 1.165) is 36.5 Å². The predicted octanol–water partition coefficient (Wildman–Crippen LogP) is 3.23. The molecule has 1 aromatic carbocycles. The quantitative estimate of drug-likeness (QED) is 0.746. The highest BCUT2D eigenvalue weighted by molar-refractivity contribution is 8.00. The van der Waals surface area contributed by atoms with Crippen LogP contribution in [-0.4, -0.2) is 40.6 Å². The van der Waals surface area contributed by atoms with Gasteiger partial charge in [-0.15, -0.1) is 0 Å². The van der Waals surface area contributed by atoms with Crippen molar-refractivity contribution in [3.05, 3.63) is 18.2 Å². The summed E-state index contributed by atoms with van der Waals surface area (Å²) in [6, 6.07) is 7.35. The topological polar surface area (TPSA) is 79.0 Å². The van der Waals surface area contributed by atoms with Crippen LogP contribution in [0.3, 0.4) is 0 Å². The van der Waals surface area contributed by atoms with E-state index >= 15 is 0 Å². The zero-order chi connectivity index (χ0) is 18.0. The first-order valence-corrected chi connectivity index (χ1v) is 10.9. The first kappa shape index (κ1) is 18.2. The van der Waals surface area contributed by atoms with Crippen molar-refractivity contribution in [3.8, 4) is 6.07 Å². The Morgan fingerprint density at radius 1 is 1.32 bits per heavy atom. The molecule has 0 saturated carbocycles. The van der Waals surface area contributed by atoms with E-state index in [2.05, 4.69) is 11.1 Å². The van der Waals surface area contributed by atoms with Crippen LogP contribution in [0.2, 0.25) is 0 Å². The average Bonchev–Trinajstić information content (AvgIpc) is 2.98. The van der Waals surface area contributed by atoms with Crippen LogP contribution in [0.25, 0.3) is 11.0 Å². The van der Waals surface area contributed by atoms with Gasteiger partial charge in [0.1, 0.15) is 0 Å². The lowest BCUT2D eigenvalue weighted by molar-refractivity contribution is 0.346. The van der Waals surface area contributed by atoms with Crippen LogP contribution in [0, 0.1) is 11.3 Å². The molecular weight excluding hydrogens is 356 g/mol. The Hall–Kier alpha value is -1.56. The fourth-order valence-electron chi connectivity index (χ4n) is 3.08. The second kappa shape index (κ2) is 7.36. The van der Waals surface area contributed by atoms with Crippen LogP contribution < -0.4 is 0 Å². The number of hydrogen-bond acceptors (Lipinski definition) is 5. The third kappa shape index (κ3) is 3.54. The van der Waals surface area contributed by atoms with E-state index in [4.69, 9.17) is 5.26 Å². The van der Waals surface area contributed by atoms with E-state index in [0.29, 0.717) is 23.5 Å². The van der Waals surface area contributed by atoms with Gasteiger partial charge in [0.25, 0.3) is 0 Å². The van der Waals surface area contributed by atoms with Gasteiger partial charge < -0.3 is 4.57 Å². The smallest absolute Gasteiger partial charge is 0.243 e. The molecule has 6 nitrogen and oxygen atoms in total. The van der Waals surface area contributed by atoms with E-state index in [9.17, 15) is 8.42 Å². The molecule has 1 aliphatic heterocycles. The number of rotatable bonds is 5. The van der Waals surface area contributed by atoms with Gasteiger partial charge in [-0.3, -0.25) is 0 Å². The molecule has 1 aliphatic rings. The molecule has 0 amide bonds. The molecule has 2 heterocycles. The van der Waals surface area contributed by atoms with Crippen molar-refractivity contribution in [1.82, 2.24) is 13.9 Å². The summed E-state index contributed by atoms with van der Waals surface area (Å²) in [5.74, 6) is 0. The van der Waals surface area contributed by atoms with Crippen LogP contribution in [0.15, 0.2) is 28.3 Å². The van der Waals surface area contributed by atoms with Crippen molar-refractivity contribution >= 4 is 32.8 Å². The van der Waals surface area contributed by atoms with Gasteiger partial charge in [-0.2, -0.15) is 9.57 Å². The van der Waals surface area contributed by atoms with Crippen LogP contribution in [0.4, 0.5) is 0 Å². The van der Waals surface area contributed by atoms with Gasteiger partial charge in [0.2, 0.25) is 10.0 Å². The molecule has 0 N–H and O–H groups in total. The lowest BCUT2D eigenvalue weighted by Gasteiger charge is -2.25. The standard InChI is InChI=1S/C17H22N4O2S2/c1-3-21-16-8-7-14(25(22,23)20-9-5-4-6-10-20)11-15(16)19-17(21)24-13(2)12-18/h7-8,11,13H,3-6,9-10H2,1-2H3/t13-/m1/s1. The molecule has 134 valence electrons. The van der Waals surface area contributed by atoms with Crippen molar-refractivity contribution in [2.24, 2.45) is 0 Å². The Morgan fingerprint density at radius 3 is 2.68 bits per heavy atom. The van der Waals surface area contributed by atoms with Gasteiger partial charge in [-0.1, -0.05) is 18.2 Å². The molecule has 0 spiro atoms. The highest BCUT2D eigenvalue weighted by Gasteiger charge is 2.26. The van der Waals surface area contributed by atoms with Crippen molar-refractivity contribution in [3.63, 3.8) is 0 Å². The summed E-state index contributed by atoms with van der Waals surface area (Å²) in [7, 11) is -3.47. The molecule has 1 aromatic heterocycles. The van der Waals surface area contributed by atoms with E-state index in [1.54, 1.807) is 16.4 Å². The zero-order valence-electron chi connectivity index (χ0n) is 14.5. The number of aromatic nitrogens is 2. The summed E-state index contributed by atoms with van der Waals surface area (Å²) in [5.41, 5.74) is 1.56. The summed E-state index contributed by atoms with van der Waals surface area (Å²) < 4.78 is 29.3. The number of sulfonamides is 1. The summed E-state index contributed by atoms with van der Waals surface area (Å²) in [5, 5.41) is 9.58. The van der Waals surface area contributed by atoms with Gasteiger partial charge in [-0.05, 0) is 44.9 Å². The van der Waals surface area contributed by atoms with E-state index in [1.165, 1.54) is 11.8 Å². The highest BCUT2D eigenvalue weighted by Crippen LogP contribution is 2.29. The minimum Gasteiger partial charge on any atom is -0.319 e. The minimum atomic E-state index is -3.47. The molecule has 0 unspecified atom stereocenters. The normalized spacial score (nSPS) is 17.5. The molecule has 8 heteroatoms. The summed E-state index contributed by atoms with van der Waals surface area (Å²) in [4.78, 5) is 4.88. The first-order chi connectivity index (χ1) is 12.0. The maximum Gasteiger partial charge on any atom is 0.243 e. The van der Waals surface area contributed by atoms with Crippen molar-refractivity contribution in [2.45, 2.75) is 55.0 Å². The van der Waals surface area contributed by atoms with E-state index < -0.39 is 10.0 Å². The number of nitriles is 1. The summed E-state index contributed by atoms with van der Waals surface area (Å²) in [6.07, 6.45) is 2.92. The molecule has 0 aliphatic carbocycles. The Balaban J connectivity index is 2.01. The van der Waals surface area contributed by atoms with Crippen LogP contribution >= 0.6 is 11.8 Å². The van der Waals surface area contributed by atoms with Crippen molar-refractivity contribution < 1.29 is 8.42 Å². The Morgan fingerprint density at radius 2 is 2.04 bits per heavy atom. The number of piperidine rings is 1. The number of nitrogens with zero attached hydrogens (tertiary/aromatic N) is 4. The van der Waals surface area contributed by atoms with Crippen molar-refractivity contribution in [2.75, 3.05) is 13.1 Å². The maximum absolute atomic E-state index is 12.9. The summed E-state index contributed by atoms with van der Waals surface area (Å²) in [6.45, 7) is 5.74.